The van der Waals surface area contributed by atoms with Crippen LogP contribution in [0.1, 0.15) is 6.92 Å². The van der Waals surface area contributed by atoms with Crippen LogP contribution >= 0.6 is 11.6 Å². The molecule has 6 heteroatoms. The van der Waals surface area contributed by atoms with E-state index >= 15 is 0 Å². The van der Waals surface area contributed by atoms with Crippen molar-refractivity contribution in [3.8, 4) is 0 Å². The lowest BCUT2D eigenvalue weighted by molar-refractivity contribution is -0.138. The first kappa shape index (κ1) is 18.7. The van der Waals surface area contributed by atoms with Crippen LogP contribution in [0.15, 0.2) is 70.9 Å². The highest BCUT2D eigenvalue weighted by Crippen LogP contribution is 2.22. The average Bonchev–Trinajstić information content (AvgIpc) is 2.61. The van der Waals surface area contributed by atoms with Crippen molar-refractivity contribution in [2.24, 2.45) is 10.2 Å². The topological polar surface area (TPSA) is 54.3 Å². The maximum absolute atomic E-state index is 11.3. The molecule has 0 spiro atoms. The van der Waals surface area contributed by atoms with Crippen molar-refractivity contribution in [2.75, 3.05) is 25.1 Å². The van der Waals surface area contributed by atoms with E-state index in [-0.39, 0.29) is 5.97 Å². The Balaban J connectivity index is 1.89. The molecule has 2 rings (SSSR count). The fourth-order valence-electron chi connectivity index (χ4n) is 1.92. The number of ether oxygens (including phenoxy) is 1. The van der Waals surface area contributed by atoms with Crippen molar-refractivity contribution in [3.63, 3.8) is 0 Å². The van der Waals surface area contributed by atoms with E-state index in [0.29, 0.717) is 23.7 Å². The van der Waals surface area contributed by atoms with Gasteiger partial charge in [0.15, 0.2) is 0 Å². The Morgan fingerprint density at radius 1 is 1.08 bits per heavy atom. The van der Waals surface area contributed by atoms with Crippen LogP contribution < -0.4 is 4.90 Å². The zero-order chi connectivity index (χ0) is 18.2. The number of hydrogen-bond acceptors (Lipinski definition) is 5. The minimum Gasteiger partial charge on any atom is -0.460 e. The van der Waals surface area contributed by atoms with Gasteiger partial charge in [0.05, 0.1) is 17.9 Å². The maximum Gasteiger partial charge on any atom is 0.333 e. The van der Waals surface area contributed by atoms with Crippen LogP contribution in [0.2, 0.25) is 5.02 Å². The largest absolute Gasteiger partial charge is 0.460 e. The highest BCUT2D eigenvalue weighted by molar-refractivity contribution is 6.30. The summed E-state index contributed by atoms with van der Waals surface area (Å²) in [6, 6.07) is 14.8. The fraction of sp³-hybridized carbons (Fsp3) is 0.211. The summed E-state index contributed by atoms with van der Waals surface area (Å²) in [6.45, 7) is 6.07. The van der Waals surface area contributed by atoms with Gasteiger partial charge in [0.2, 0.25) is 0 Å². The van der Waals surface area contributed by atoms with E-state index in [1.807, 2.05) is 36.2 Å². The monoisotopic (exact) mass is 357 g/mol. The van der Waals surface area contributed by atoms with Gasteiger partial charge in [0, 0.05) is 23.3 Å². The molecule has 130 valence electrons. The molecule has 0 radical (unpaired) electrons. The molecule has 0 N–H and O–H groups in total. The third-order valence-electron chi connectivity index (χ3n) is 3.41. The Morgan fingerprint density at radius 2 is 1.60 bits per heavy atom. The summed E-state index contributed by atoms with van der Waals surface area (Å²) in [4.78, 5) is 13.3. The number of esters is 1. The molecule has 0 unspecified atom stereocenters. The first-order valence-corrected chi connectivity index (χ1v) is 8.14. The van der Waals surface area contributed by atoms with Crippen molar-refractivity contribution in [1.82, 2.24) is 0 Å². The van der Waals surface area contributed by atoms with Crippen molar-refractivity contribution in [1.29, 1.82) is 0 Å². The second-order valence-electron chi connectivity index (χ2n) is 5.53. The summed E-state index contributed by atoms with van der Waals surface area (Å²) in [5, 5.41) is 9.03. The second kappa shape index (κ2) is 8.99. The van der Waals surface area contributed by atoms with Gasteiger partial charge < -0.3 is 9.64 Å². The lowest BCUT2D eigenvalue weighted by Gasteiger charge is -2.19. The van der Waals surface area contributed by atoms with Crippen LogP contribution in [0.3, 0.4) is 0 Å². The Labute approximate surface area is 152 Å². The highest BCUT2D eigenvalue weighted by atomic mass is 35.5. The first-order valence-electron chi connectivity index (χ1n) is 7.77. The van der Waals surface area contributed by atoms with Crippen LogP contribution in [0.5, 0.6) is 0 Å². The molecule has 0 aromatic heterocycles. The molecular weight excluding hydrogens is 338 g/mol. The van der Waals surface area contributed by atoms with Crippen LogP contribution in [-0.4, -0.2) is 26.2 Å². The third-order valence-corrected chi connectivity index (χ3v) is 3.66. The standard InChI is InChI=1S/C19H20ClN3O2/c1-14(2)19(24)25-13-12-23(3)18-10-8-17(9-11-18)22-21-16-6-4-15(20)5-7-16/h4-11H,1,12-13H2,2-3H3. The van der Waals surface area contributed by atoms with E-state index in [9.17, 15) is 4.79 Å². The molecule has 0 aliphatic heterocycles. The maximum atomic E-state index is 11.3. The van der Waals surface area contributed by atoms with Crippen molar-refractivity contribution < 1.29 is 9.53 Å². The summed E-state index contributed by atoms with van der Waals surface area (Å²) in [5.74, 6) is -0.369. The Bertz CT molecular complexity index is 755. The van der Waals surface area contributed by atoms with Gasteiger partial charge in [-0.05, 0) is 55.5 Å². The zero-order valence-electron chi connectivity index (χ0n) is 14.3. The first-order chi connectivity index (χ1) is 12.0. The Kier molecular flexibility index (Phi) is 6.71. The number of anilines is 1. The minimum atomic E-state index is -0.369. The zero-order valence-corrected chi connectivity index (χ0v) is 15.0. The number of carbonyl (C=O) groups excluding carboxylic acids is 1. The van der Waals surface area contributed by atoms with Gasteiger partial charge in [-0.25, -0.2) is 4.79 Å². The number of likely N-dealkylation sites (N-methyl/N-ethyl adjacent to an activating group) is 1. The fourth-order valence-corrected chi connectivity index (χ4v) is 2.05. The molecule has 5 nitrogen and oxygen atoms in total. The lowest BCUT2D eigenvalue weighted by atomic mass is 10.2. The van der Waals surface area contributed by atoms with Gasteiger partial charge >= 0.3 is 5.97 Å². The Hall–Kier alpha value is -2.66. The van der Waals surface area contributed by atoms with Crippen LogP contribution in [-0.2, 0) is 9.53 Å². The molecule has 0 heterocycles. The second-order valence-corrected chi connectivity index (χ2v) is 5.97. The van der Waals surface area contributed by atoms with Crippen molar-refractivity contribution in [3.05, 3.63) is 65.7 Å². The number of hydrogen-bond donors (Lipinski definition) is 0. The predicted octanol–water partition coefficient (Wildman–Crippen LogP) is 5.31. The molecule has 0 fully saturated rings. The molecule has 0 bridgehead atoms. The summed E-state index contributed by atoms with van der Waals surface area (Å²) in [6.07, 6.45) is 0. The van der Waals surface area contributed by atoms with Gasteiger partial charge in [-0.1, -0.05) is 18.2 Å². The van der Waals surface area contributed by atoms with Gasteiger partial charge in [-0.2, -0.15) is 10.2 Å². The molecule has 2 aromatic rings. The summed E-state index contributed by atoms with van der Waals surface area (Å²) in [5.41, 5.74) is 2.89. The molecule has 0 amide bonds. The number of benzene rings is 2. The van der Waals surface area contributed by atoms with E-state index in [1.54, 1.807) is 31.2 Å². The van der Waals surface area contributed by atoms with E-state index < -0.39 is 0 Å². The molecule has 0 atom stereocenters. The van der Waals surface area contributed by atoms with Gasteiger partial charge in [-0.15, -0.1) is 0 Å². The normalized spacial score (nSPS) is 10.7. The summed E-state index contributed by atoms with van der Waals surface area (Å²) < 4.78 is 5.09. The van der Waals surface area contributed by atoms with Crippen LogP contribution in [0.4, 0.5) is 17.1 Å². The van der Waals surface area contributed by atoms with E-state index in [2.05, 4.69) is 16.8 Å². The van der Waals surface area contributed by atoms with Gasteiger partial charge in [-0.3, -0.25) is 0 Å². The van der Waals surface area contributed by atoms with E-state index in [1.165, 1.54) is 0 Å². The summed E-state index contributed by atoms with van der Waals surface area (Å²) in [7, 11) is 1.93. The average molecular weight is 358 g/mol. The lowest BCUT2D eigenvalue weighted by Crippen LogP contribution is -2.23. The van der Waals surface area contributed by atoms with Gasteiger partial charge in [0.1, 0.15) is 6.61 Å². The Morgan fingerprint density at radius 3 is 2.12 bits per heavy atom. The molecule has 0 aliphatic rings. The molecule has 0 saturated carbocycles. The van der Waals surface area contributed by atoms with Gasteiger partial charge in [0.25, 0.3) is 0 Å². The number of rotatable bonds is 7. The van der Waals surface area contributed by atoms with Crippen LogP contribution in [0, 0.1) is 0 Å². The van der Waals surface area contributed by atoms with E-state index in [4.69, 9.17) is 16.3 Å². The quantitative estimate of drug-likeness (QED) is 0.383. The SMILES string of the molecule is C=C(C)C(=O)OCCN(C)c1ccc(N=Nc2ccc(Cl)cc2)cc1. The van der Waals surface area contributed by atoms with Crippen LogP contribution in [0.25, 0.3) is 0 Å². The third kappa shape index (κ3) is 6.04. The number of carbonyl (C=O) groups is 1. The van der Waals surface area contributed by atoms with Crippen molar-refractivity contribution in [2.45, 2.75) is 6.92 Å². The molecule has 0 saturated heterocycles. The number of nitrogens with zero attached hydrogens (tertiary/aromatic N) is 3. The number of azo groups is 1. The molecule has 2 aromatic carbocycles. The molecular formula is C19H20ClN3O2. The van der Waals surface area contributed by atoms with E-state index in [0.717, 1.165) is 17.1 Å². The van der Waals surface area contributed by atoms with Crippen molar-refractivity contribution >= 4 is 34.6 Å². The number of halogens is 1. The predicted molar refractivity (Wildman–Crippen MR) is 101 cm³/mol. The summed E-state index contributed by atoms with van der Waals surface area (Å²) >= 11 is 5.84. The highest BCUT2D eigenvalue weighted by Gasteiger charge is 2.05. The smallest absolute Gasteiger partial charge is 0.333 e. The molecule has 0 aliphatic carbocycles. The molecule has 25 heavy (non-hydrogen) atoms. The minimum absolute atomic E-state index is 0.306.